The zero-order valence-electron chi connectivity index (χ0n) is 14.9. The van der Waals surface area contributed by atoms with Crippen molar-refractivity contribution in [2.24, 2.45) is 5.16 Å². The van der Waals surface area contributed by atoms with Gasteiger partial charge in [-0.1, -0.05) is 65.8 Å². The van der Waals surface area contributed by atoms with Gasteiger partial charge in [0.05, 0.1) is 6.54 Å². The summed E-state index contributed by atoms with van der Waals surface area (Å²) < 4.78 is 0. The number of rotatable bonds is 7. The molecule has 8 heteroatoms. The van der Waals surface area contributed by atoms with Crippen LogP contribution in [0.2, 0.25) is 0 Å². The van der Waals surface area contributed by atoms with Gasteiger partial charge < -0.3 is 15.4 Å². The van der Waals surface area contributed by atoms with E-state index in [4.69, 9.17) is 0 Å². The monoisotopic (exact) mass is 397 g/mol. The van der Waals surface area contributed by atoms with Gasteiger partial charge in [-0.25, -0.2) is 0 Å². The molecule has 0 radical (unpaired) electrons. The summed E-state index contributed by atoms with van der Waals surface area (Å²) in [6.45, 7) is 0.182. The van der Waals surface area contributed by atoms with E-state index in [2.05, 4.69) is 23.1 Å². The maximum atomic E-state index is 12.5. The molecule has 2 aromatic carbocycles. The van der Waals surface area contributed by atoms with Gasteiger partial charge in [0.25, 0.3) is 5.91 Å². The van der Waals surface area contributed by atoms with Gasteiger partial charge in [0, 0.05) is 12.0 Å². The lowest BCUT2D eigenvalue weighted by Crippen LogP contribution is -2.68. The Kier molecular flexibility index (Phi) is 6.10. The Morgan fingerprint density at radius 2 is 1.75 bits per heavy atom. The standard InChI is InChI=1S/C20H19N3O4S/c24-18(17(22-27)14-9-5-2-6-10-14)21-15-12-23(19(15)25)16(20(26)28)11-13-7-3-1-4-8-13/h1-10,15-16,27H,11-12H2,(H,21,24)(H,26,28)/b22-17-. The second-order valence-electron chi connectivity index (χ2n) is 6.38. The molecule has 2 amide bonds. The smallest absolute Gasteiger partial charge is 0.274 e. The van der Waals surface area contributed by atoms with Gasteiger partial charge >= 0.3 is 0 Å². The summed E-state index contributed by atoms with van der Waals surface area (Å²) in [7, 11) is 0. The van der Waals surface area contributed by atoms with E-state index in [-0.39, 0.29) is 18.2 Å². The van der Waals surface area contributed by atoms with Gasteiger partial charge in [-0.3, -0.25) is 14.4 Å². The molecular weight excluding hydrogens is 378 g/mol. The van der Waals surface area contributed by atoms with Gasteiger partial charge in [0.2, 0.25) is 11.0 Å². The molecule has 2 aromatic rings. The molecular formula is C20H19N3O4S. The maximum absolute atomic E-state index is 12.5. The molecule has 3 rings (SSSR count). The van der Waals surface area contributed by atoms with E-state index < -0.39 is 23.1 Å². The fourth-order valence-electron chi connectivity index (χ4n) is 3.07. The molecule has 0 aliphatic carbocycles. The molecule has 0 aromatic heterocycles. The molecule has 2 N–H and O–H groups in total. The number of hydrogen-bond donors (Lipinski definition) is 3. The number of hydrogen-bond acceptors (Lipinski definition) is 5. The Bertz CT molecular complexity index is 902. The van der Waals surface area contributed by atoms with Crippen molar-refractivity contribution in [3.05, 3.63) is 71.8 Å². The zero-order valence-corrected chi connectivity index (χ0v) is 15.8. The largest absolute Gasteiger partial charge is 0.410 e. The van der Waals surface area contributed by atoms with Gasteiger partial charge in [-0.15, -0.1) is 12.6 Å². The SMILES string of the molecule is O=C(NC1CN(C(Cc2ccccc2)C(=O)S)C1=O)/C(=N\O)c1ccccc1. The molecule has 2 atom stereocenters. The van der Waals surface area contributed by atoms with E-state index >= 15 is 0 Å². The number of nitrogens with zero attached hydrogens (tertiary/aromatic N) is 2. The second kappa shape index (κ2) is 8.71. The molecule has 7 nitrogen and oxygen atoms in total. The minimum absolute atomic E-state index is 0.182. The third-order valence-electron chi connectivity index (χ3n) is 4.56. The van der Waals surface area contributed by atoms with Crippen LogP contribution in [0.25, 0.3) is 0 Å². The molecule has 1 fully saturated rings. The highest BCUT2D eigenvalue weighted by Gasteiger charge is 2.43. The van der Waals surface area contributed by atoms with E-state index in [1.165, 1.54) is 4.90 Å². The number of oxime groups is 1. The van der Waals surface area contributed by atoms with Crippen molar-refractivity contribution >= 4 is 35.3 Å². The third kappa shape index (κ3) is 4.23. The first-order valence-electron chi connectivity index (χ1n) is 8.67. The van der Waals surface area contributed by atoms with E-state index in [0.717, 1.165) is 5.56 Å². The predicted octanol–water partition coefficient (Wildman–Crippen LogP) is 1.26. The first-order valence-corrected chi connectivity index (χ1v) is 9.11. The third-order valence-corrected chi connectivity index (χ3v) is 4.86. The highest BCUT2D eigenvalue weighted by molar-refractivity contribution is 7.96. The molecule has 1 aliphatic rings. The average Bonchev–Trinajstić information content (AvgIpc) is 2.71. The van der Waals surface area contributed by atoms with Crippen LogP contribution >= 0.6 is 12.6 Å². The quantitative estimate of drug-likeness (QED) is 0.215. The summed E-state index contributed by atoms with van der Waals surface area (Å²) >= 11 is 3.91. The highest BCUT2D eigenvalue weighted by Crippen LogP contribution is 2.20. The number of amides is 2. The molecule has 0 spiro atoms. The number of carbonyl (C=O) groups is 3. The van der Waals surface area contributed by atoms with Crippen LogP contribution in [0.1, 0.15) is 11.1 Å². The molecule has 28 heavy (non-hydrogen) atoms. The van der Waals surface area contributed by atoms with Crippen molar-refractivity contribution in [3.8, 4) is 0 Å². The summed E-state index contributed by atoms with van der Waals surface area (Å²) in [6.07, 6.45) is 0.350. The van der Waals surface area contributed by atoms with E-state index in [1.54, 1.807) is 30.3 Å². The van der Waals surface area contributed by atoms with Crippen molar-refractivity contribution in [1.82, 2.24) is 10.2 Å². The fraction of sp³-hybridized carbons (Fsp3) is 0.200. The molecule has 0 saturated carbocycles. The number of likely N-dealkylation sites (tertiary alicyclic amines) is 1. The van der Waals surface area contributed by atoms with Crippen molar-refractivity contribution in [2.75, 3.05) is 6.54 Å². The summed E-state index contributed by atoms with van der Waals surface area (Å²) in [5.74, 6) is -1.04. The van der Waals surface area contributed by atoms with Gasteiger partial charge in [0.15, 0.2) is 5.71 Å². The Morgan fingerprint density at radius 1 is 1.14 bits per heavy atom. The average molecular weight is 397 g/mol. The van der Waals surface area contributed by atoms with E-state index in [1.807, 2.05) is 30.3 Å². The Hall–Kier alpha value is -3.13. The van der Waals surface area contributed by atoms with Crippen LogP contribution in [-0.2, 0) is 20.8 Å². The molecule has 144 valence electrons. The van der Waals surface area contributed by atoms with Crippen LogP contribution in [-0.4, -0.2) is 51.4 Å². The number of benzene rings is 2. The predicted molar refractivity (Wildman–Crippen MR) is 106 cm³/mol. The van der Waals surface area contributed by atoms with Crippen molar-refractivity contribution in [1.29, 1.82) is 0 Å². The zero-order chi connectivity index (χ0) is 20.1. The Balaban J connectivity index is 1.64. The highest BCUT2D eigenvalue weighted by atomic mass is 32.1. The second-order valence-corrected chi connectivity index (χ2v) is 6.82. The summed E-state index contributed by atoms with van der Waals surface area (Å²) in [5, 5.41) is 14.4. The fourth-order valence-corrected chi connectivity index (χ4v) is 3.30. The van der Waals surface area contributed by atoms with Crippen LogP contribution in [0, 0.1) is 0 Å². The molecule has 1 heterocycles. The van der Waals surface area contributed by atoms with Crippen LogP contribution in [0.15, 0.2) is 65.8 Å². The van der Waals surface area contributed by atoms with Crippen LogP contribution in [0.4, 0.5) is 0 Å². The van der Waals surface area contributed by atoms with Crippen LogP contribution in [0.5, 0.6) is 0 Å². The Morgan fingerprint density at radius 3 is 2.29 bits per heavy atom. The molecule has 2 unspecified atom stereocenters. The summed E-state index contributed by atoms with van der Waals surface area (Å²) in [4.78, 5) is 38.2. The van der Waals surface area contributed by atoms with Crippen LogP contribution in [0.3, 0.4) is 0 Å². The first kappa shape index (κ1) is 19.6. The van der Waals surface area contributed by atoms with Gasteiger partial charge in [-0.05, 0) is 5.56 Å². The molecule has 0 bridgehead atoms. The molecule has 1 saturated heterocycles. The minimum Gasteiger partial charge on any atom is -0.410 e. The lowest BCUT2D eigenvalue weighted by atomic mass is 9.98. The van der Waals surface area contributed by atoms with Crippen molar-refractivity contribution < 1.29 is 19.6 Å². The van der Waals surface area contributed by atoms with Crippen LogP contribution < -0.4 is 5.32 Å². The number of β-lactam (4-membered cyclic amide) rings is 1. The normalized spacial score (nSPS) is 17.6. The molecule has 1 aliphatic heterocycles. The van der Waals surface area contributed by atoms with Crippen molar-refractivity contribution in [3.63, 3.8) is 0 Å². The maximum Gasteiger partial charge on any atom is 0.274 e. The lowest BCUT2D eigenvalue weighted by molar-refractivity contribution is -0.151. The lowest BCUT2D eigenvalue weighted by Gasteiger charge is -2.42. The topological polar surface area (TPSA) is 99.1 Å². The van der Waals surface area contributed by atoms with Crippen molar-refractivity contribution in [2.45, 2.75) is 18.5 Å². The van der Waals surface area contributed by atoms with E-state index in [0.29, 0.717) is 12.0 Å². The Labute approximate surface area is 167 Å². The first-order chi connectivity index (χ1) is 13.5. The summed E-state index contributed by atoms with van der Waals surface area (Å²) in [5.41, 5.74) is 1.16. The van der Waals surface area contributed by atoms with Gasteiger partial charge in [-0.2, -0.15) is 0 Å². The number of thiol groups is 1. The van der Waals surface area contributed by atoms with E-state index in [9.17, 15) is 19.6 Å². The van der Waals surface area contributed by atoms with Gasteiger partial charge in [0.1, 0.15) is 12.1 Å². The number of carbonyl (C=O) groups excluding carboxylic acids is 3. The minimum atomic E-state index is -0.779. The number of nitrogens with one attached hydrogen (secondary N) is 1. The summed E-state index contributed by atoms with van der Waals surface area (Å²) in [6, 6.07) is 16.3.